The Kier molecular flexibility index (Phi) is 2.46. The summed E-state index contributed by atoms with van der Waals surface area (Å²) in [5, 5.41) is 9.53. The number of carboxylic acid groups (broad SMARTS) is 1. The molecule has 1 aliphatic rings. The summed E-state index contributed by atoms with van der Waals surface area (Å²) in [4.78, 5) is 15.2. The number of hydrogen-bond acceptors (Lipinski definition) is 2. The lowest BCUT2D eigenvalue weighted by molar-refractivity contribution is -0.139. The van der Waals surface area contributed by atoms with E-state index >= 15 is 0 Å². The van der Waals surface area contributed by atoms with Crippen LogP contribution >= 0.6 is 11.6 Å². The average molecular weight is 240 g/mol. The number of nitrogens with zero attached hydrogens (tertiary/aromatic N) is 1. The maximum atomic E-state index is 11.1. The number of rotatable bonds is 2. The van der Waals surface area contributed by atoms with Crippen molar-refractivity contribution >= 4 is 17.6 Å². The van der Waals surface area contributed by atoms with Crippen molar-refractivity contribution in [3.63, 3.8) is 0 Å². The Balaban J connectivity index is 2.37. The van der Waals surface area contributed by atoms with E-state index in [2.05, 4.69) is 4.98 Å². The van der Waals surface area contributed by atoms with Gasteiger partial charge in [-0.05, 0) is 24.0 Å². The molecule has 1 N–H and O–H groups in total. The second kappa shape index (κ2) is 3.45. The Morgan fingerprint density at radius 3 is 2.56 bits per heavy atom. The molecule has 3 nitrogen and oxygen atoms in total. The second-order valence-electron chi connectivity index (χ2n) is 4.95. The Labute approximate surface area is 99.5 Å². The zero-order valence-electron chi connectivity index (χ0n) is 9.49. The van der Waals surface area contributed by atoms with Gasteiger partial charge in [-0.25, -0.2) is 4.98 Å². The highest BCUT2D eigenvalue weighted by atomic mass is 35.5. The van der Waals surface area contributed by atoms with Gasteiger partial charge >= 0.3 is 5.97 Å². The molecule has 0 spiro atoms. The van der Waals surface area contributed by atoms with Crippen LogP contribution in [0.5, 0.6) is 0 Å². The fraction of sp³-hybridized carbons (Fsp3) is 0.500. The molecular weight excluding hydrogens is 226 g/mol. The van der Waals surface area contributed by atoms with Crippen molar-refractivity contribution in [1.82, 2.24) is 4.98 Å². The minimum Gasteiger partial charge on any atom is -0.481 e. The van der Waals surface area contributed by atoms with Crippen molar-refractivity contribution in [2.24, 2.45) is 11.3 Å². The van der Waals surface area contributed by atoms with Gasteiger partial charge in [0.1, 0.15) is 5.15 Å². The van der Waals surface area contributed by atoms with Crippen LogP contribution in [-0.2, 0) is 4.79 Å². The molecule has 1 aromatic rings. The van der Waals surface area contributed by atoms with Crippen LogP contribution in [0.2, 0.25) is 5.15 Å². The number of aliphatic carboxylic acids is 1. The molecule has 1 heterocycles. The second-order valence-corrected chi connectivity index (χ2v) is 5.31. The molecule has 1 aromatic heterocycles. The van der Waals surface area contributed by atoms with Crippen molar-refractivity contribution < 1.29 is 9.90 Å². The van der Waals surface area contributed by atoms with Gasteiger partial charge in [-0.2, -0.15) is 0 Å². The third-order valence-electron chi connectivity index (χ3n) is 3.45. The molecule has 1 saturated carbocycles. The van der Waals surface area contributed by atoms with E-state index in [4.69, 9.17) is 16.7 Å². The first-order valence-electron chi connectivity index (χ1n) is 5.21. The van der Waals surface area contributed by atoms with Gasteiger partial charge in [-0.1, -0.05) is 31.5 Å². The minimum atomic E-state index is -0.758. The first kappa shape index (κ1) is 11.4. The summed E-state index contributed by atoms with van der Waals surface area (Å²) in [6, 6.07) is 3.76. The van der Waals surface area contributed by atoms with Gasteiger partial charge in [-0.15, -0.1) is 0 Å². The molecular formula is C12H14ClNO2. The van der Waals surface area contributed by atoms with Crippen LogP contribution < -0.4 is 0 Å². The summed E-state index contributed by atoms with van der Waals surface area (Å²) >= 11 is 6.06. The Hall–Kier alpha value is -1.09. The third kappa shape index (κ3) is 1.59. The fourth-order valence-corrected chi connectivity index (χ4v) is 2.76. The van der Waals surface area contributed by atoms with E-state index in [-0.39, 0.29) is 17.3 Å². The Morgan fingerprint density at radius 2 is 2.12 bits per heavy atom. The smallest absolute Gasteiger partial charge is 0.307 e. The van der Waals surface area contributed by atoms with Crippen LogP contribution in [0, 0.1) is 18.3 Å². The molecule has 0 amide bonds. The van der Waals surface area contributed by atoms with E-state index < -0.39 is 5.97 Å². The fourth-order valence-electron chi connectivity index (χ4n) is 2.45. The lowest BCUT2D eigenvalue weighted by atomic mass is 10.0. The first-order valence-corrected chi connectivity index (χ1v) is 5.59. The molecule has 0 aliphatic heterocycles. The van der Waals surface area contributed by atoms with Gasteiger partial charge in [0.25, 0.3) is 0 Å². The van der Waals surface area contributed by atoms with Crippen LogP contribution in [0.15, 0.2) is 12.1 Å². The number of pyridine rings is 1. The SMILES string of the molecule is Cc1ccc(C2C(C(=O)O)C2(C)C)c(Cl)n1. The zero-order chi connectivity index (χ0) is 12.1. The molecule has 2 rings (SSSR count). The molecule has 0 radical (unpaired) electrons. The molecule has 1 aliphatic carbocycles. The molecule has 0 bridgehead atoms. The van der Waals surface area contributed by atoms with E-state index in [1.54, 1.807) is 0 Å². The van der Waals surface area contributed by atoms with Gasteiger partial charge < -0.3 is 5.11 Å². The predicted octanol–water partition coefficient (Wildman–Crippen LogP) is 2.87. The van der Waals surface area contributed by atoms with Crippen LogP contribution in [0.1, 0.15) is 31.0 Å². The molecule has 16 heavy (non-hydrogen) atoms. The Morgan fingerprint density at radius 1 is 1.50 bits per heavy atom. The maximum Gasteiger partial charge on any atom is 0.307 e. The summed E-state index contributed by atoms with van der Waals surface area (Å²) in [5.41, 5.74) is 1.47. The summed E-state index contributed by atoms with van der Waals surface area (Å²) < 4.78 is 0. The van der Waals surface area contributed by atoms with Crippen LogP contribution in [-0.4, -0.2) is 16.1 Å². The molecule has 86 valence electrons. The topological polar surface area (TPSA) is 50.2 Å². The van der Waals surface area contributed by atoms with E-state index in [0.717, 1.165) is 11.3 Å². The molecule has 2 atom stereocenters. The highest BCUT2D eigenvalue weighted by Gasteiger charge is 2.63. The van der Waals surface area contributed by atoms with Crippen molar-refractivity contribution in [2.75, 3.05) is 0 Å². The first-order chi connectivity index (χ1) is 7.35. The minimum absolute atomic E-state index is 0.0226. The van der Waals surface area contributed by atoms with Gasteiger partial charge in [0.15, 0.2) is 0 Å². The van der Waals surface area contributed by atoms with Crippen LogP contribution in [0.3, 0.4) is 0 Å². The summed E-state index contributed by atoms with van der Waals surface area (Å²) in [7, 11) is 0. The summed E-state index contributed by atoms with van der Waals surface area (Å²) in [6.07, 6.45) is 0. The Bertz CT molecular complexity index is 456. The average Bonchev–Trinajstić information content (AvgIpc) is 2.69. The van der Waals surface area contributed by atoms with E-state index in [0.29, 0.717) is 5.15 Å². The number of carboxylic acids is 1. The number of hydrogen-bond donors (Lipinski definition) is 1. The normalized spacial score (nSPS) is 26.5. The van der Waals surface area contributed by atoms with E-state index in [1.807, 2.05) is 32.9 Å². The molecule has 2 unspecified atom stereocenters. The van der Waals surface area contributed by atoms with E-state index in [1.165, 1.54) is 0 Å². The van der Waals surface area contributed by atoms with Gasteiger partial charge in [0, 0.05) is 11.6 Å². The largest absolute Gasteiger partial charge is 0.481 e. The van der Waals surface area contributed by atoms with Crippen LogP contribution in [0.4, 0.5) is 0 Å². The van der Waals surface area contributed by atoms with Gasteiger partial charge in [-0.3, -0.25) is 4.79 Å². The molecule has 1 fully saturated rings. The lowest BCUT2D eigenvalue weighted by Gasteiger charge is -2.05. The van der Waals surface area contributed by atoms with Gasteiger partial charge in [0.2, 0.25) is 0 Å². The lowest BCUT2D eigenvalue weighted by Crippen LogP contribution is -2.03. The number of carbonyl (C=O) groups is 1. The van der Waals surface area contributed by atoms with Crippen molar-refractivity contribution in [2.45, 2.75) is 26.7 Å². The molecule has 4 heteroatoms. The monoisotopic (exact) mass is 239 g/mol. The maximum absolute atomic E-state index is 11.1. The summed E-state index contributed by atoms with van der Waals surface area (Å²) in [6.45, 7) is 5.77. The predicted molar refractivity (Wildman–Crippen MR) is 61.6 cm³/mol. The van der Waals surface area contributed by atoms with Crippen molar-refractivity contribution in [3.05, 3.63) is 28.5 Å². The van der Waals surface area contributed by atoms with Gasteiger partial charge in [0.05, 0.1) is 5.92 Å². The number of halogens is 1. The van der Waals surface area contributed by atoms with Crippen molar-refractivity contribution in [1.29, 1.82) is 0 Å². The third-order valence-corrected chi connectivity index (χ3v) is 3.75. The number of aromatic nitrogens is 1. The standard InChI is InChI=1S/C12H14ClNO2/c1-6-4-5-7(10(13)14-6)8-9(11(15)16)12(8,2)3/h4-5,8-9H,1-3H3,(H,15,16). The van der Waals surface area contributed by atoms with Crippen molar-refractivity contribution in [3.8, 4) is 0 Å². The highest BCUT2D eigenvalue weighted by Crippen LogP contribution is 2.65. The molecule has 0 saturated heterocycles. The molecule has 0 aromatic carbocycles. The highest BCUT2D eigenvalue weighted by molar-refractivity contribution is 6.30. The zero-order valence-corrected chi connectivity index (χ0v) is 10.2. The van der Waals surface area contributed by atoms with Crippen LogP contribution in [0.25, 0.3) is 0 Å². The quantitative estimate of drug-likeness (QED) is 0.808. The van der Waals surface area contributed by atoms with E-state index in [9.17, 15) is 4.79 Å². The summed E-state index contributed by atoms with van der Waals surface area (Å²) in [5.74, 6) is -1.13. The number of aryl methyl sites for hydroxylation is 1.